The van der Waals surface area contributed by atoms with Gasteiger partial charge in [0.1, 0.15) is 17.1 Å². The van der Waals surface area contributed by atoms with E-state index in [-0.39, 0.29) is 12.3 Å². The zero-order valence-electron chi connectivity index (χ0n) is 13.6. The van der Waals surface area contributed by atoms with Crippen molar-refractivity contribution in [1.82, 2.24) is 5.32 Å². The van der Waals surface area contributed by atoms with Crippen LogP contribution < -0.4 is 5.32 Å². The number of carbonyl (C=O) groups excluding carboxylic acids is 3. The van der Waals surface area contributed by atoms with Gasteiger partial charge in [0.2, 0.25) is 5.79 Å². The number of hydrogen-bond donors (Lipinski definition) is 1. The number of hydrogen-bond acceptors (Lipinski definition) is 6. The van der Waals surface area contributed by atoms with Gasteiger partial charge in [-0.25, -0.2) is 9.59 Å². The third-order valence-corrected chi connectivity index (χ3v) is 2.83. The topological polar surface area (TPSA) is 90.9 Å². The monoisotopic (exact) mass is 313 g/mol. The number of carbonyl (C=O) groups is 3. The Kier molecular flexibility index (Phi) is 5.57. The molecule has 0 saturated carbocycles. The maximum atomic E-state index is 11.6. The molecule has 1 aliphatic heterocycles. The van der Waals surface area contributed by atoms with Crippen LogP contribution in [0.5, 0.6) is 0 Å². The van der Waals surface area contributed by atoms with Gasteiger partial charge in [0.25, 0.3) is 0 Å². The number of allylic oxidation sites excluding steroid dienone is 1. The number of cyclic esters (lactones) is 1. The number of rotatable bonds is 6. The Balaban J connectivity index is 2.50. The van der Waals surface area contributed by atoms with Crippen LogP contribution in [-0.4, -0.2) is 35.8 Å². The summed E-state index contributed by atoms with van der Waals surface area (Å²) in [7, 11) is 0. The van der Waals surface area contributed by atoms with Gasteiger partial charge in [-0.05, 0) is 27.2 Å². The summed E-state index contributed by atoms with van der Waals surface area (Å²) < 4.78 is 15.8. The number of Topliss-reactive ketones (excluding diaryl/α,β-unsaturated/α-hetero) is 1. The van der Waals surface area contributed by atoms with E-state index in [0.717, 1.165) is 0 Å². The molecule has 1 amide bonds. The number of ether oxygens (including phenoxy) is 3. The predicted molar refractivity (Wildman–Crippen MR) is 77.8 cm³/mol. The molecule has 0 atom stereocenters. The average molecular weight is 313 g/mol. The van der Waals surface area contributed by atoms with Crippen LogP contribution in [0.2, 0.25) is 0 Å². The van der Waals surface area contributed by atoms with Crippen molar-refractivity contribution >= 4 is 17.8 Å². The molecule has 7 nitrogen and oxygen atoms in total. The zero-order valence-corrected chi connectivity index (χ0v) is 13.6. The molecule has 0 bridgehead atoms. The van der Waals surface area contributed by atoms with Crippen molar-refractivity contribution in [2.75, 3.05) is 6.54 Å². The molecule has 1 aliphatic rings. The Morgan fingerprint density at radius 1 is 1.32 bits per heavy atom. The van der Waals surface area contributed by atoms with Crippen LogP contribution in [0.25, 0.3) is 0 Å². The third-order valence-electron chi connectivity index (χ3n) is 2.83. The molecule has 1 N–H and O–H groups in total. The van der Waals surface area contributed by atoms with E-state index in [9.17, 15) is 14.4 Å². The van der Waals surface area contributed by atoms with E-state index in [2.05, 4.69) is 5.32 Å². The van der Waals surface area contributed by atoms with Gasteiger partial charge in [-0.3, -0.25) is 4.79 Å². The molecule has 0 aromatic carbocycles. The first kappa shape index (κ1) is 18.0. The fourth-order valence-corrected chi connectivity index (χ4v) is 1.85. The number of alkyl carbamates (subject to hydrolysis) is 1. The van der Waals surface area contributed by atoms with Gasteiger partial charge in [0.05, 0.1) is 12.6 Å². The maximum Gasteiger partial charge on any atom is 0.408 e. The van der Waals surface area contributed by atoms with Crippen molar-refractivity contribution in [3.05, 3.63) is 11.8 Å². The van der Waals surface area contributed by atoms with Crippen molar-refractivity contribution in [3.63, 3.8) is 0 Å². The Morgan fingerprint density at radius 3 is 2.50 bits per heavy atom. The van der Waals surface area contributed by atoms with Crippen molar-refractivity contribution in [3.8, 4) is 0 Å². The van der Waals surface area contributed by atoms with Gasteiger partial charge < -0.3 is 19.5 Å². The Labute approximate surface area is 130 Å². The summed E-state index contributed by atoms with van der Waals surface area (Å²) in [6, 6.07) is 0. The SMILES string of the molecule is CC(=O)CNC(=O)OC(C)(C)CCC1=CC(=O)OC(C)(C)O1. The minimum absolute atomic E-state index is 0.0663. The summed E-state index contributed by atoms with van der Waals surface area (Å²) in [4.78, 5) is 33.8. The highest BCUT2D eigenvalue weighted by Gasteiger charge is 2.31. The largest absolute Gasteiger partial charge is 0.457 e. The van der Waals surface area contributed by atoms with Gasteiger partial charge >= 0.3 is 12.1 Å². The molecule has 22 heavy (non-hydrogen) atoms. The van der Waals surface area contributed by atoms with Crippen molar-refractivity contribution in [1.29, 1.82) is 0 Å². The van der Waals surface area contributed by atoms with Gasteiger partial charge in [-0.15, -0.1) is 0 Å². The number of nitrogens with one attached hydrogen (secondary N) is 1. The lowest BCUT2D eigenvalue weighted by molar-refractivity contribution is -0.206. The molecule has 0 unspecified atom stereocenters. The Bertz CT molecular complexity index is 492. The molecule has 1 rings (SSSR count). The number of amides is 1. The molecule has 1 heterocycles. The lowest BCUT2D eigenvalue weighted by atomic mass is 10.0. The van der Waals surface area contributed by atoms with Crippen LogP contribution in [0.4, 0.5) is 4.79 Å². The van der Waals surface area contributed by atoms with E-state index in [0.29, 0.717) is 18.6 Å². The first-order valence-corrected chi connectivity index (χ1v) is 7.08. The minimum atomic E-state index is -0.995. The van der Waals surface area contributed by atoms with Crippen LogP contribution in [-0.2, 0) is 23.8 Å². The lowest BCUT2D eigenvalue weighted by Gasteiger charge is -2.32. The summed E-state index contributed by atoms with van der Waals surface area (Å²) in [5, 5.41) is 2.37. The second kappa shape index (κ2) is 6.81. The molecule has 0 aliphatic carbocycles. The van der Waals surface area contributed by atoms with E-state index in [1.54, 1.807) is 27.7 Å². The molecule has 0 radical (unpaired) electrons. The quantitative estimate of drug-likeness (QED) is 0.755. The second-order valence-electron chi connectivity index (χ2n) is 6.24. The standard InChI is InChI=1S/C15H23NO6/c1-10(17)9-16-13(19)22-14(2,3)7-6-11-8-12(18)21-15(4,5)20-11/h8H,6-7,9H2,1-5H3,(H,16,19). The highest BCUT2D eigenvalue weighted by atomic mass is 16.7. The summed E-state index contributed by atoms with van der Waals surface area (Å²) in [6.45, 7) is 8.09. The van der Waals surface area contributed by atoms with Crippen molar-refractivity contribution < 1.29 is 28.6 Å². The van der Waals surface area contributed by atoms with Crippen LogP contribution in [0.1, 0.15) is 47.5 Å². The normalized spacial score (nSPS) is 17.0. The van der Waals surface area contributed by atoms with Gasteiger partial charge in [-0.1, -0.05) is 0 Å². The van der Waals surface area contributed by atoms with E-state index in [4.69, 9.17) is 14.2 Å². The van der Waals surface area contributed by atoms with Gasteiger partial charge in [0.15, 0.2) is 0 Å². The van der Waals surface area contributed by atoms with Crippen LogP contribution in [0, 0.1) is 0 Å². The molecule has 0 aromatic rings. The second-order valence-corrected chi connectivity index (χ2v) is 6.24. The fourth-order valence-electron chi connectivity index (χ4n) is 1.85. The van der Waals surface area contributed by atoms with Gasteiger partial charge in [0, 0.05) is 20.3 Å². The lowest BCUT2D eigenvalue weighted by Crippen LogP contribution is -2.37. The molecular formula is C15H23NO6. The number of ketones is 1. The van der Waals surface area contributed by atoms with E-state index in [1.165, 1.54) is 13.0 Å². The van der Waals surface area contributed by atoms with E-state index >= 15 is 0 Å². The molecule has 0 aromatic heterocycles. The zero-order chi connectivity index (χ0) is 17.0. The van der Waals surface area contributed by atoms with Gasteiger partial charge in [-0.2, -0.15) is 0 Å². The first-order valence-electron chi connectivity index (χ1n) is 7.08. The molecule has 124 valence electrons. The third kappa shape index (κ3) is 6.60. The van der Waals surface area contributed by atoms with Crippen molar-refractivity contribution in [2.24, 2.45) is 0 Å². The molecule has 0 saturated heterocycles. The Hall–Kier alpha value is -2.05. The van der Waals surface area contributed by atoms with E-state index in [1.807, 2.05) is 0 Å². The van der Waals surface area contributed by atoms with E-state index < -0.39 is 23.5 Å². The smallest absolute Gasteiger partial charge is 0.408 e. The highest BCUT2D eigenvalue weighted by Crippen LogP contribution is 2.27. The Morgan fingerprint density at radius 2 is 1.95 bits per heavy atom. The first-order chi connectivity index (χ1) is 9.99. The van der Waals surface area contributed by atoms with Crippen LogP contribution in [0.3, 0.4) is 0 Å². The maximum absolute atomic E-state index is 11.6. The van der Waals surface area contributed by atoms with Crippen LogP contribution in [0.15, 0.2) is 11.8 Å². The molecule has 0 fully saturated rings. The highest BCUT2D eigenvalue weighted by molar-refractivity contribution is 5.83. The summed E-state index contributed by atoms with van der Waals surface area (Å²) >= 11 is 0. The minimum Gasteiger partial charge on any atom is -0.457 e. The summed E-state index contributed by atoms with van der Waals surface area (Å²) in [5.41, 5.74) is -0.767. The van der Waals surface area contributed by atoms with Crippen LogP contribution >= 0.6 is 0 Å². The predicted octanol–water partition coefficient (Wildman–Crippen LogP) is 2.05. The average Bonchev–Trinajstić information content (AvgIpc) is 2.31. The molecular weight excluding hydrogens is 290 g/mol. The fraction of sp³-hybridized carbons (Fsp3) is 0.667. The van der Waals surface area contributed by atoms with Crippen molar-refractivity contribution in [2.45, 2.75) is 58.8 Å². The molecule has 7 heteroatoms. The summed E-state index contributed by atoms with van der Waals surface area (Å²) in [6.07, 6.45) is 1.51. The molecule has 0 spiro atoms. The summed E-state index contributed by atoms with van der Waals surface area (Å²) in [5.74, 6) is -1.12. The number of esters is 1.